The zero-order chi connectivity index (χ0) is 37.5. The molecule has 300 valence electrons. The second-order valence-electron chi connectivity index (χ2n) is 15.4. The van der Waals surface area contributed by atoms with Crippen LogP contribution in [-0.4, -0.2) is 97.7 Å². The number of nitrogens with zero attached hydrogens (tertiary/aromatic N) is 2. The van der Waals surface area contributed by atoms with Crippen molar-refractivity contribution >= 4 is 49.7 Å². The van der Waals surface area contributed by atoms with E-state index in [1.807, 2.05) is 0 Å². The van der Waals surface area contributed by atoms with E-state index in [-0.39, 0.29) is 50.6 Å². The maximum Gasteiger partial charge on any atom is 2.00 e. The smallest absolute Gasteiger partial charge is 0.550 e. The molecule has 0 N–H and O–H groups in total. The maximum absolute atomic E-state index is 10.6. The molecule has 0 spiro atoms. The van der Waals surface area contributed by atoms with E-state index in [9.17, 15) is 19.8 Å². The van der Waals surface area contributed by atoms with Crippen molar-refractivity contribution in [2.75, 3.05) is 26.2 Å². The summed E-state index contributed by atoms with van der Waals surface area (Å²) in [6.45, 7) is 18.3. The predicted molar refractivity (Wildman–Crippen MR) is 219 cm³/mol. The van der Waals surface area contributed by atoms with E-state index in [0.29, 0.717) is 12.1 Å². The van der Waals surface area contributed by atoms with Crippen molar-refractivity contribution < 1.29 is 19.8 Å². The molecule has 0 radical (unpaired) electrons. The van der Waals surface area contributed by atoms with E-state index in [4.69, 9.17) is 0 Å². The molecule has 2 unspecified atom stereocenters. The molecule has 7 heteroatoms. The van der Waals surface area contributed by atoms with E-state index < -0.39 is 11.9 Å². The van der Waals surface area contributed by atoms with Crippen molar-refractivity contribution in [3.63, 3.8) is 0 Å². The van der Waals surface area contributed by atoms with Crippen molar-refractivity contribution in [1.29, 1.82) is 0 Å². The zero-order valence-corrected chi connectivity index (χ0v) is 37.6. The molecule has 0 aliphatic heterocycles. The molecule has 0 amide bonds. The number of carboxylic acid groups (broad SMARTS) is 2. The molecular formula is C44H88CaN2O4. The quantitative estimate of drug-likeness (QED) is 0.0462. The van der Waals surface area contributed by atoms with Gasteiger partial charge in [-0.2, -0.15) is 0 Å². The zero-order valence-electron chi connectivity index (χ0n) is 35.4. The summed E-state index contributed by atoms with van der Waals surface area (Å²) in [7, 11) is 0. The van der Waals surface area contributed by atoms with Crippen molar-refractivity contribution in [2.24, 2.45) is 0 Å². The van der Waals surface area contributed by atoms with Gasteiger partial charge in [0.05, 0.1) is 0 Å². The van der Waals surface area contributed by atoms with Crippen LogP contribution >= 0.6 is 0 Å². The summed E-state index contributed by atoms with van der Waals surface area (Å²) in [5, 5.41) is 21.2. The molecule has 0 aromatic rings. The van der Waals surface area contributed by atoms with Gasteiger partial charge in [0.1, 0.15) is 0 Å². The Morgan fingerprint density at radius 3 is 0.824 bits per heavy atom. The number of unbranched alkanes of at least 4 members (excludes halogenated alkanes) is 20. The predicted octanol–water partition coefficient (Wildman–Crippen LogP) is 10.3. The maximum atomic E-state index is 10.6. The summed E-state index contributed by atoms with van der Waals surface area (Å²) < 4.78 is 0. The Hall–Kier alpha value is 0.120. The van der Waals surface area contributed by atoms with E-state index in [0.717, 1.165) is 25.7 Å². The Morgan fingerprint density at radius 2 is 0.608 bits per heavy atom. The van der Waals surface area contributed by atoms with Gasteiger partial charge in [-0.05, 0) is 104 Å². The number of rotatable bonds is 38. The Kier molecular flexibility index (Phi) is 48.4. The Balaban J connectivity index is -0.000000886. The molecular weight excluding hydrogens is 661 g/mol. The first kappa shape index (κ1) is 55.5. The topological polar surface area (TPSA) is 86.7 Å². The first-order chi connectivity index (χ1) is 24.2. The van der Waals surface area contributed by atoms with Gasteiger partial charge in [-0.3, -0.25) is 0 Å². The van der Waals surface area contributed by atoms with Gasteiger partial charge in [-0.15, -0.1) is 0 Å². The summed E-state index contributed by atoms with van der Waals surface area (Å²) in [6.07, 6.45) is 35.9. The minimum Gasteiger partial charge on any atom is -0.550 e. The van der Waals surface area contributed by atoms with Crippen LogP contribution in [0.5, 0.6) is 0 Å². The third-order valence-corrected chi connectivity index (χ3v) is 10.4. The largest absolute Gasteiger partial charge is 2.00 e. The average molecular weight is 749 g/mol. The molecule has 0 fully saturated rings. The minimum atomic E-state index is -0.911. The van der Waals surface area contributed by atoms with E-state index in [2.05, 4.69) is 51.3 Å². The Morgan fingerprint density at radius 1 is 0.392 bits per heavy atom. The third-order valence-electron chi connectivity index (χ3n) is 10.4. The summed E-state index contributed by atoms with van der Waals surface area (Å²) in [5.74, 6) is -1.82. The van der Waals surface area contributed by atoms with Gasteiger partial charge in [-0.1, -0.05) is 156 Å². The fourth-order valence-electron chi connectivity index (χ4n) is 6.93. The van der Waals surface area contributed by atoms with Crippen molar-refractivity contribution in [1.82, 2.24) is 9.80 Å². The molecule has 0 saturated carbocycles. The van der Waals surface area contributed by atoms with E-state index in [1.54, 1.807) is 0 Å². The summed E-state index contributed by atoms with van der Waals surface area (Å²) in [6, 6.07) is 0.983. The van der Waals surface area contributed by atoms with Crippen molar-refractivity contribution in [3.8, 4) is 0 Å². The second-order valence-corrected chi connectivity index (χ2v) is 15.4. The van der Waals surface area contributed by atoms with Crippen LogP contribution in [0.1, 0.15) is 234 Å². The van der Waals surface area contributed by atoms with E-state index >= 15 is 0 Å². The van der Waals surface area contributed by atoms with Crippen LogP contribution in [0.2, 0.25) is 0 Å². The molecule has 0 rings (SSSR count). The molecule has 0 aliphatic rings. The van der Waals surface area contributed by atoms with Crippen LogP contribution in [0.15, 0.2) is 0 Å². The molecule has 0 heterocycles. The Labute approximate surface area is 349 Å². The standard InChI is InChI=1S/2C22H45NO2.Ca/c2*1-4-6-8-10-12-14-19-23(20-15-13-11-9-7-5-2)21(3)17-16-18-22(24)25;/h2*21H,4-20H2,1-3H3,(H,24,25);/q;;+2/p-2. The van der Waals surface area contributed by atoms with Crippen LogP contribution < -0.4 is 10.2 Å². The van der Waals surface area contributed by atoms with Gasteiger partial charge >= 0.3 is 37.7 Å². The molecule has 0 bridgehead atoms. The van der Waals surface area contributed by atoms with Crippen LogP contribution in [0, 0.1) is 0 Å². The normalized spacial score (nSPS) is 12.4. The van der Waals surface area contributed by atoms with Crippen LogP contribution in [0.4, 0.5) is 0 Å². The summed E-state index contributed by atoms with van der Waals surface area (Å²) in [5.41, 5.74) is 0. The SMILES string of the molecule is CCCCCCCCN(CCCCCCCC)C(C)CCCC(=O)[O-].CCCCCCCCN(CCCCCCCC)C(C)CCCC(=O)[O-].[Ca+2]. The number of carboxylic acids is 2. The van der Waals surface area contributed by atoms with Gasteiger partial charge in [0, 0.05) is 24.0 Å². The molecule has 6 nitrogen and oxygen atoms in total. The van der Waals surface area contributed by atoms with Gasteiger partial charge < -0.3 is 29.6 Å². The molecule has 0 aromatic heterocycles. The van der Waals surface area contributed by atoms with Crippen molar-refractivity contribution in [2.45, 2.75) is 246 Å². The first-order valence-corrected chi connectivity index (χ1v) is 22.1. The van der Waals surface area contributed by atoms with Gasteiger partial charge in [-0.25, -0.2) is 0 Å². The van der Waals surface area contributed by atoms with Gasteiger partial charge in [0.2, 0.25) is 0 Å². The van der Waals surface area contributed by atoms with Crippen molar-refractivity contribution in [3.05, 3.63) is 0 Å². The second kappa shape index (κ2) is 44.5. The molecule has 0 saturated heterocycles. The minimum absolute atomic E-state index is 0. The summed E-state index contributed by atoms with van der Waals surface area (Å²) in [4.78, 5) is 26.5. The molecule has 0 aliphatic carbocycles. The van der Waals surface area contributed by atoms with Crippen LogP contribution in [0.3, 0.4) is 0 Å². The monoisotopic (exact) mass is 749 g/mol. The first-order valence-electron chi connectivity index (χ1n) is 22.1. The van der Waals surface area contributed by atoms with Crippen LogP contribution in [-0.2, 0) is 9.59 Å². The third kappa shape index (κ3) is 42.7. The number of carbonyl (C=O) groups is 2. The fraction of sp³-hybridized carbons (Fsp3) is 0.955. The average Bonchev–Trinajstić information content (AvgIpc) is 3.08. The van der Waals surface area contributed by atoms with Gasteiger partial charge in [0.25, 0.3) is 0 Å². The van der Waals surface area contributed by atoms with Crippen LogP contribution in [0.25, 0.3) is 0 Å². The van der Waals surface area contributed by atoms with E-state index in [1.165, 1.54) is 180 Å². The molecule has 51 heavy (non-hydrogen) atoms. The summed E-state index contributed by atoms with van der Waals surface area (Å²) >= 11 is 0. The fourth-order valence-corrected chi connectivity index (χ4v) is 6.93. The number of aliphatic carboxylic acids is 2. The Bertz CT molecular complexity index is 621. The number of carbonyl (C=O) groups excluding carboxylic acids is 2. The van der Waals surface area contributed by atoms with Gasteiger partial charge in [0.15, 0.2) is 0 Å². The number of hydrogen-bond acceptors (Lipinski definition) is 6. The molecule has 0 aromatic carbocycles. The molecule has 2 atom stereocenters. The number of hydrogen-bond donors (Lipinski definition) is 0.